The van der Waals surface area contributed by atoms with Gasteiger partial charge in [-0.25, -0.2) is 4.98 Å². The van der Waals surface area contributed by atoms with Crippen molar-refractivity contribution in [2.45, 2.75) is 25.1 Å². The first kappa shape index (κ1) is 20.9. The van der Waals surface area contributed by atoms with Gasteiger partial charge >= 0.3 is 6.18 Å². The van der Waals surface area contributed by atoms with E-state index in [9.17, 15) is 18.0 Å². The maximum atomic E-state index is 12.9. The molecule has 9 heteroatoms. The normalized spacial score (nSPS) is 15.2. The van der Waals surface area contributed by atoms with E-state index >= 15 is 0 Å². The number of hydrogen-bond acceptors (Lipinski definition) is 5. The van der Waals surface area contributed by atoms with Gasteiger partial charge in [-0.2, -0.15) is 13.2 Å². The van der Waals surface area contributed by atoms with Crippen molar-refractivity contribution in [1.82, 2.24) is 14.5 Å². The standard InChI is InChI=1S/C22H22F3N5O/c1-29-20(31)14-19(15-5-9-26-10-6-15)28-21(29)30-11-7-17(8-12-30)27-18-4-2-3-16(13-18)22(23,24)25/h2-6,9-10,13-14,17,27H,7-8,11-12H2,1H3. The quantitative estimate of drug-likeness (QED) is 0.681. The number of halogens is 3. The molecule has 1 N–H and O–H groups in total. The van der Waals surface area contributed by atoms with Crippen molar-refractivity contribution in [3.63, 3.8) is 0 Å². The first-order valence-corrected chi connectivity index (χ1v) is 9.98. The van der Waals surface area contributed by atoms with E-state index in [1.54, 1.807) is 37.6 Å². The topological polar surface area (TPSA) is 63.1 Å². The molecular formula is C22H22F3N5O. The molecule has 162 valence electrons. The Bertz CT molecular complexity index is 1110. The van der Waals surface area contributed by atoms with Gasteiger partial charge in [0.2, 0.25) is 5.95 Å². The minimum Gasteiger partial charge on any atom is -0.382 e. The first-order valence-electron chi connectivity index (χ1n) is 9.98. The van der Waals surface area contributed by atoms with Gasteiger partial charge in [-0.3, -0.25) is 14.3 Å². The van der Waals surface area contributed by atoms with E-state index in [4.69, 9.17) is 4.98 Å². The number of pyridine rings is 1. The summed E-state index contributed by atoms with van der Waals surface area (Å²) in [5, 5.41) is 3.21. The molecule has 1 aromatic carbocycles. The SMILES string of the molecule is Cn1c(N2CCC(Nc3cccc(C(F)(F)F)c3)CC2)nc(-c2ccncc2)cc1=O. The summed E-state index contributed by atoms with van der Waals surface area (Å²) in [5.41, 5.74) is 1.04. The fourth-order valence-electron chi connectivity index (χ4n) is 3.73. The van der Waals surface area contributed by atoms with Gasteiger partial charge < -0.3 is 10.2 Å². The van der Waals surface area contributed by atoms with Gasteiger partial charge in [-0.1, -0.05) is 6.07 Å². The summed E-state index contributed by atoms with van der Waals surface area (Å²) < 4.78 is 40.3. The van der Waals surface area contributed by atoms with Crippen LogP contribution in [-0.4, -0.2) is 33.7 Å². The number of anilines is 2. The number of piperidine rings is 1. The highest BCUT2D eigenvalue weighted by Gasteiger charge is 2.30. The fraction of sp³-hybridized carbons (Fsp3) is 0.318. The summed E-state index contributed by atoms with van der Waals surface area (Å²) in [6, 6.07) is 10.4. The van der Waals surface area contributed by atoms with Crippen LogP contribution in [0, 0.1) is 0 Å². The first-order chi connectivity index (χ1) is 14.8. The molecule has 6 nitrogen and oxygen atoms in total. The largest absolute Gasteiger partial charge is 0.416 e. The van der Waals surface area contributed by atoms with Crippen LogP contribution in [0.3, 0.4) is 0 Å². The maximum Gasteiger partial charge on any atom is 0.416 e. The zero-order chi connectivity index (χ0) is 22.0. The lowest BCUT2D eigenvalue weighted by Gasteiger charge is -2.34. The van der Waals surface area contributed by atoms with Crippen LogP contribution >= 0.6 is 0 Å². The van der Waals surface area contributed by atoms with Gasteiger partial charge in [0.05, 0.1) is 11.3 Å². The highest BCUT2D eigenvalue weighted by atomic mass is 19.4. The summed E-state index contributed by atoms with van der Waals surface area (Å²) in [7, 11) is 1.69. The second kappa shape index (κ2) is 8.41. The molecule has 1 fully saturated rings. The summed E-state index contributed by atoms with van der Waals surface area (Å²) >= 11 is 0. The molecule has 3 aromatic rings. The Kier molecular flexibility index (Phi) is 5.67. The summed E-state index contributed by atoms with van der Waals surface area (Å²) in [4.78, 5) is 23.2. The molecular weight excluding hydrogens is 407 g/mol. The molecule has 2 aromatic heterocycles. The van der Waals surface area contributed by atoms with Crippen LogP contribution in [0.25, 0.3) is 11.3 Å². The Hall–Kier alpha value is -3.36. The number of nitrogens with one attached hydrogen (secondary N) is 1. The van der Waals surface area contributed by atoms with Gasteiger partial charge in [0, 0.05) is 55.9 Å². The molecule has 3 heterocycles. The number of benzene rings is 1. The molecule has 0 amide bonds. The predicted octanol–water partition coefficient (Wildman–Crippen LogP) is 3.94. The van der Waals surface area contributed by atoms with Crippen LogP contribution in [0.5, 0.6) is 0 Å². The van der Waals surface area contributed by atoms with Crippen LogP contribution < -0.4 is 15.8 Å². The van der Waals surface area contributed by atoms with Crippen LogP contribution in [0.15, 0.2) is 59.7 Å². The van der Waals surface area contributed by atoms with Crippen LogP contribution in [-0.2, 0) is 13.2 Å². The zero-order valence-electron chi connectivity index (χ0n) is 16.9. The Morgan fingerprint density at radius 3 is 2.45 bits per heavy atom. The zero-order valence-corrected chi connectivity index (χ0v) is 16.9. The van der Waals surface area contributed by atoms with Gasteiger partial charge in [-0.15, -0.1) is 0 Å². The van der Waals surface area contributed by atoms with Gasteiger partial charge in [0.15, 0.2) is 0 Å². The Labute approximate surface area is 177 Å². The van der Waals surface area contributed by atoms with Crippen LogP contribution in [0.4, 0.5) is 24.8 Å². The monoisotopic (exact) mass is 429 g/mol. The Balaban J connectivity index is 1.47. The lowest BCUT2D eigenvalue weighted by atomic mass is 10.0. The molecule has 0 spiro atoms. The predicted molar refractivity (Wildman–Crippen MR) is 113 cm³/mol. The lowest BCUT2D eigenvalue weighted by molar-refractivity contribution is -0.137. The van der Waals surface area contributed by atoms with E-state index in [2.05, 4.69) is 10.3 Å². The number of rotatable bonds is 4. The van der Waals surface area contributed by atoms with E-state index in [1.165, 1.54) is 16.7 Å². The molecule has 0 radical (unpaired) electrons. The third-order valence-corrected chi connectivity index (χ3v) is 5.43. The van der Waals surface area contributed by atoms with Gasteiger partial charge in [0.25, 0.3) is 5.56 Å². The van der Waals surface area contributed by atoms with E-state index < -0.39 is 11.7 Å². The fourth-order valence-corrected chi connectivity index (χ4v) is 3.73. The van der Waals surface area contributed by atoms with Crippen LogP contribution in [0.2, 0.25) is 0 Å². The molecule has 31 heavy (non-hydrogen) atoms. The molecule has 0 saturated carbocycles. The van der Waals surface area contributed by atoms with Crippen molar-refractivity contribution in [2.75, 3.05) is 23.3 Å². The van der Waals surface area contributed by atoms with Crippen molar-refractivity contribution in [3.8, 4) is 11.3 Å². The summed E-state index contributed by atoms with van der Waals surface area (Å²) in [5.74, 6) is 0.580. The average molecular weight is 429 g/mol. The summed E-state index contributed by atoms with van der Waals surface area (Å²) in [6.07, 6.45) is 0.368. The van der Waals surface area contributed by atoms with E-state index in [0.29, 0.717) is 43.3 Å². The van der Waals surface area contributed by atoms with E-state index in [1.807, 2.05) is 4.90 Å². The number of alkyl halides is 3. The lowest BCUT2D eigenvalue weighted by Crippen LogP contribution is -2.42. The van der Waals surface area contributed by atoms with Crippen LogP contribution in [0.1, 0.15) is 18.4 Å². The van der Waals surface area contributed by atoms with Crippen molar-refractivity contribution in [2.24, 2.45) is 7.05 Å². The van der Waals surface area contributed by atoms with Crippen molar-refractivity contribution < 1.29 is 13.2 Å². The highest BCUT2D eigenvalue weighted by molar-refractivity contribution is 5.59. The average Bonchev–Trinajstić information content (AvgIpc) is 2.76. The maximum absolute atomic E-state index is 12.9. The number of aromatic nitrogens is 3. The molecule has 0 atom stereocenters. The molecule has 1 saturated heterocycles. The number of hydrogen-bond donors (Lipinski definition) is 1. The Morgan fingerprint density at radius 1 is 1.06 bits per heavy atom. The molecule has 0 unspecified atom stereocenters. The molecule has 0 bridgehead atoms. The Morgan fingerprint density at radius 2 is 1.77 bits per heavy atom. The smallest absolute Gasteiger partial charge is 0.382 e. The third-order valence-electron chi connectivity index (χ3n) is 5.43. The second-order valence-electron chi connectivity index (χ2n) is 7.56. The molecule has 4 rings (SSSR count). The van der Waals surface area contributed by atoms with Crippen molar-refractivity contribution >= 4 is 11.6 Å². The molecule has 0 aliphatic carbocycles. The third kappa shape index (κ3) is 4.70. The molecule has 1 aliphatic rings. The summed E-state index contributed by atoms with van der Waals surface area (Å²) in [6.45, 7) is 1.27. The van der Waals surface area contributed by atoms with E-state index in [0.717, 1.165) is 17.7 Å². The van der Waals surface area contributed by atoms with Crippen molar-refractivity contribution in [1.29, 1.82) is 0 Å². The minimum absolute atomic E-state index is 0.0418. The minimum atomic E-state index is -4.36. The van der Waals surface area contributed by atoms with Gasteiger partial charge in [0.1, 0.15) is 0 Å². The number of nitrogens with zero attached hydrogens (tertiary/aromatic N) is 4. The van der Waals surface area contributed by atoms with Crippen molar-refractivity contribution in [3.05, 3.63) is 70.8 Å². The second-order valence-corrected chi connectivity index (χ2v) is 7.56. The highest BCUT2D eigenvalue weighted by Crippen LogP contribution is 2.31. The molecule has 1 aliphatic heterocycles. The van der Waals surface area contributed by atoms with Gasteiger partial charge in [-0.05, 0) is 43.2 Å². The van der Waals surface area contributed by atoms with E-state index in [-0.39, 0.29) is 11.6 Å².